The number of benzene rings is 1. The van der Waals surface area contributed by atoms with Gasteiger partial charge in [0.25, 0.3) is 0 Å². The van der Waals surface area contributed by atoms with Crippen LogP contribution in [0.5, 0.6) is 0 Å². The van der Waals surface area contributed by atoms with Crippen molar-refractivity contribution in [1.29, 1.82) is 5.26 Å². The minimum absolute atomic E-state index is 0.150. The molecule has 0 bridgehead atoms. The number of carboxylic acid groups (broad SMARTS) is 1. The van der Waals surface area contributed by atoms with E-state index in [9.17, 15) is 9.59 Å². The van der Waals surface area contributed by atoms with Gasteiger partial charge < -0.3 is 14.8 Å². The summed E-state index contributed by atoms with van der Waals surface area (Å²) in [5.74, 6) is -2.82. The third-order valence-corrected chi connectivity index (χ3v) is 3.88. The number of aliphatic carboxylic acids is 1. The highest BCUT2D eigenvalue weighted by atomic mass is 16.7. The van der Waals surface area contributed by atoms with Crippen molar-refractivity contribution in [2.24, 2.45) is 0 Å². The molecular formula is C19H20N4O4. The number of carbonyl (C=O) groups is 2. The molecule has 1 aliphatic rings. The molecule has 1 aliphatic heterocycles. The van der Waals surface area contributed by atoms with Crippen LogP contribution >= 0.6 is 0 Å². The highest BCUT2D eigenvalue weighted by Gasteiger charge is 2.31. The molecule has 0 amide bonds. The molecule has 0 spiro atoms. The summed E-state index contributed by atoms with van der Waals surface area (Å²) in [5.41, 5.74) is 1.60. The molecule has 0 radical (unpaired) electrons. The summed E-state index contributed by atoms with van der Waals surface area (Å²) < 4.78 is 0. The molecule has 140 valence electrons. The van der Waals surface area contributed by atoms with Crippen LogP contribution in [0.3, 0.4) is 0 Å². The molecule has 1 aromatic heterocycles. The molecule has 0 saturated carbocycles. The fourth-order valence-electron chi connectivity index (χ4n) is 2.53. The molecule has 1 unspecified atom stereocenters. The highest BCUT2D eigenvalue weighted by Crippen LogP contribution is 2.24. The Morgan fingerprint density at radius 1 is 1.22 bits per heavy atom. The van der Waals surface area contributed by atoms with Crippen molar-refractivity contribution in [3.8, 4) is 6.07 Å². The lowest BCUT2D eigenvalue weighted by Gasteiger charge is -2.38. The van der Waals surface area contributed by atoms with Crippen LogP contribution < -0.4 is 0 Å². The molecular weight excluding hydrogens is 348 g/mol. The Bertz CT molecular complexity index is 792. The lowest BCUT2D eigenvalue weighted by atomic mass is 10.0. The largest absolute Gasteiger partial charge is 0.473 e. The maximum atomic E-state index is 11.2. The van der Waals surface area contributed by atoms with Crippen LogP contribution in [0.15, 0.2) is 54.9 Å². The lowest BCUT2D eigenvalue weighted by molar-refractivity contribution is -0.216. The predicted octanol–water partition coefficient (Wildman–Crippen LogP) is 1.47. The third kappa shape index (κ3) is 6.18. The normalized spacial score (nSPS) is 17.1. The Balaban J connectivity index is 0.000000273. The first-order valence-corrected chi connectivity index (χ1v) is 8.26. The van der Waals surface area contributed by atoms with Gasteiger partial charge in [-0.15, -0.1) is 5.06 Å². The minimum atomic E-state index is -1.58. The van der Waals surface area contributed by atoms with Crippen molar-refractivity contribution in [2.75, 3.05) is 26.7 Å². The summed E-state index contributed by atoms with van der Waals surface area (Å²) in [6, 6.07) is 14.9. The Hall–Kier alpha value is -3.28. The average Bonchev–Trinajstić information content (AvgIpc) is 2.71. The SMILES string of the molecule is CN1CCN(OC(=O)C(=O)O)C(c2ccccc2)C1.N#Cc1cccnc1. The van der Waals surface area contributed by atoms with E-state index >= 15 is 0 Å². The van der Waals surface area contributed by atoms with E-state index in [1.807, 2.05) is 43.4 Å². The quantitative estimate of drug-likeness (QED) is 0.794. The van der Waals surface area contributed by atoms with Gasteiger partial charge in [-0.1, -0.05) is 30.3 Å². The standard InChI is InChI=1S/C13H16N2O4.C6H4N2/c1-14-7-8-15(19-13(18)12(16)17)11(9-14)10-5-3-2-4-6-10;7-4-6-2-1-3-8-5-6/h2-6,11H,7-9H2,1H3,(H,16,17);1-3,5H. The van der Waals surface area contributed by atoms with Crippen molar-refractivity contribution in [3.63, 3.8) is 0 Å². The van der Waals surface area contributed by atoms with Gasteiger partial charge in [0.05, 0.1) is 11.6 Å². The second-order valence-corrected chi connectivity index (χ2v) is 5.87. The number of pyridine rings is 1. The zero-order valence-electron chi connectivity index (χ0n) is 14.9. The molecule has 1 fully saturated rings. The molecule has 8 nitrogen and oxygen atoms in total. The van der Waals surface area contributed by atoms with E-state index in [-0.39, 0.29) is 6.04 Å². The number of carbonyl (C=O) groups excluding carboxylic acids is 1. The zero-order valence-corrected chi connectivity index (χ0v) is 14.9. The van der Waals surface area contributed by atoms with Gasteiger partial charge in [0, 0.05) is 32.0 Å². The summed E-state index contributed by atoms with van der Waals surface area (Å²) in [6.07, 6.45) is 3.17. The van der Waals surface area contributed by atoms with Crippen molar-refractivity contribution < 1.29 is 19.5 Å². The van der Waals surface area contributed by atoms with Gasteiger partial charge in [-0.25, -0.2) is 9.59 Å². The summed E-state index contributed by atoms with van der Waals surface area (Å²) in [7, 11) is 1.98. The van der Waals surface area contributed by atoms with Crippen molar-refractivity contribution in [1.82, 2.24) is 14.9 Å². The number of hydrogen-bond donors (Lipinski definition) is 1. The highest BCUT2D eigenvalue weighted by molar-refractivity contribution is 6.28. The average molecular weight is 368 g/mol. The topological polar surface area (TPSA) is 107 Å². The maximum absolute atomic E-state index is 11.2. The van der Waals surface area contributed by atoms with Crippen molar-refractivity contribution in [3.05, 3.63) is 66.0 Å². The number of nitriles is 1. The Labute approximate surface area is 157 Å². The first kappa shape index (κ1) is 20.0. The summed E-state index contributed by atoms with van der Waals surface area (Å²) >= 11 is 0. The Morgan fingerprint density at radius 3 is 2.52 bits per heavy atom. The van der Waals surface area contributed by atoms with E-state index in [2.05, 4.69) is 9.88 Å². The van der Waals surface area contributed by atoms with Gasteiger partial charge in [0.1, 0.15) is 6.07 Å². The summed E-state index contributed by atoms with van der Waals surface area (Å²) in [5, 5.41) is 18.3. The first-order valence-electron chi connectivity index (χ1n) is 8.26. The minimum Gasteiger partial charge on any atom is -0.473 e. The molecule has 1 atom stereocenters. The number of hydroxylamine groups is 2. The number of likely N-dealkylation sites (N-methyl/N-ethyl adjacent to an activating group) is 1. The monoisotopic (exact) mass is 368 g/mol. The van der Waals surface area contributed by atoms with Gasteiger partial charge in [-0.05, 0) is 24.7 Å². The van der Waals surface area contributed by atoms with E-state index in [1.165, 1.54) is 11.3 Å². The molecule has 1 saturated heterocycles. The Morgan fingerprint density at radius 2 is 1.96 bits per heavy atom. The summed E-state index contributed by atoms with van der Waals surface area (Å²) in [6.45, 7) is 1.88. The molecule has 1 N–H and O–H groups in total. The van der Waals surface area contributed by atoms with E-state index < -0.39 is 11.9 Å². The molecule has 2 aromatic rings. The number of rotatable bonds is 2. The van der Waals surface area contributed by atoms with Crippen LogP contribution in [0.1, 0.15) is 17.2 Å². The van der Waals surface area contributed by atoms with Crippen LogP contribution in [-0.2, 0) is 14.4 Å². The van der Waals surface area contributed by atoms with Crippen molar-refractivity contribution >= 4 is 11.9 Å². The van der Waals surface area contributed by atoms with Gasteiger partial charge in [-0.2, -0.15) is 5.26 Å². The number of hydrogen-bond acceptors (Lipinski definition) is 7. The fourth-order valence-corrected chi connectivity index (χ4v) is 2.53. The van der Waals surface area contributed by atoms with E-state index in [1.54, 1.807) is 18.3 Å². The lowest BCUT2D eigenvalue weighted by Crippen LogP contribution is -2.48. The van der Waals surface area contributed by atoms with Crippen LogP contribution in [0.2, 0.25) is 0 Å². The Kier molecular flexibility index (Phi) is 7.43. The van der Waals surface area contributed by atoms with E-state index in [0.717, 1.165) is 12.1 Å². The summed E-state index contributed by atoms with van der Waals surface area (Å²) in [4.78, 5) is 32.5. The number of piperazine rings is 1. The van der Waals surface area contributed by atoms with Crippen molar-refractivity contribution in [2.45, 2.75) is 6.04 Å². The predicted molar refractivity (Wildman–Crippen MR) is 96.1 cm³/mol. The number of aromatic nitrogens is 1. The van der Waals surface area contributed by atoms with Gasteiger partial charge in [0.15, 0.2) is 0 Å². The smallest absolute Gasteiger partial charge is 0.436 e. The molecule has 1 aromatic carbocycles. The fraction of sp³-hybridized carbons (Fsp3) is 0.263. The zero-order chi connectivity index (χ0) is 19.6. The third-order valence-electron chi connectivity index (χ3n) is 3.88. The van der Waals surface area contributed by atoms with Crippen LogP contribution in [0.4, 0.5) is 0 Å². The second-order valence-electron chi connectivity index (χ2n) is 5.87. The van der Waals surface area contributed by atoms with Gasteiger partial charge >= 0.3 is 11.9 Å². The van der Waals surface area contributed by atoms with Gasteiger partial charge in [0.2, 0.25) is 0 Å². The van der Waals surface area contributed by atoms with Gasteiger partial charge in [-0.3, -0.25) is 4.98 Å². The molecule has 8 heteroatoms. The molecule has 2 heterocycles. The maximum Gasteiger partial charge on any atom is 0.436 e. The molecule has 3 rings (SSSR count). The van der Waals surface area contributed by atoms with Crippen LogP contribution in [-0.4, -0.2) is 58.7 Å². The molecule has 27 heavy (non-hydrogen) atoms. The first-order chi connectivity index (χ1) is 13.0. The number of carboxylic acids is 1. The van der Waals surface area contributed by atoms with Crippen LogP contribution in [0.25, 0.3) is 0 Å². The number of nitrogens with zero attached hydrogens (tertiary/aromatic N) is 4. The van der Waals surface area contributed by atoms with Crippen LogP contribution in [0, 0.1) is 11.3 Å². The second kappa shape index (κ2) is 10.0. The van der Waals surface area contributed by atoms with E-state index in [0.29, 0.717) is 18.7 Å². The molecule has 0 aliphatic carbocycles. The van der Waals surface area contributed by atoms with E-state index in [4.69, 9.17) is 15.2 Å².